The Kier molecular flexibility index (Phi) is 4.71. The molecule has 0 aliphatic rings. The van der Waals surface area contributed by atoms with Gasteiger partial charge in [0.25, 0.3) is 5.91 Å². The van der Waals surface area contributed by atoms with Gasteiger partial charge >= 0.3 is 0 Å². The highest BCUT2D eigenvalue weighted by Gasteiger charge is 2.16. The lowest BCUT2D eigenvalue weighted by Gasteiger charge is -2.04. The first-order valence-electron chi connectivity index (χ1n) is 7.24. The summed E-state index contributed by atoms with van der Waals surface area (Å²) in [4.78, 5) is 12.2. The van der Waals surface area contributed by atoms with Crippen LogP contribution in [0.5, 0.6) is 5.75 Å². The number of aromatic nitrogens is 1. The van der Waals surface area contributed by atoms with Crippen molar-refractivity contribution in [1.82, 2.24) is 5.16 Å². The first-order valence-corrected chi connectivity index (χ1v) is 8.03. The van der Waals surface area contributed by atoms with Gasteiger partial charge in [0.2, 0.25) is 0 Å². The number of carbonyl (C=O) groups excluding carboxylic acids is 1. The smallest absolute Gasteiger partial charge is 0.291 e. The molecular weight excluding hydrogens is 376 g/mol. The molecular formula is C17H15BrN2O4. The average molecular weight is 391 g/mol. The maximum absolute atomic E-state index is 12.2. The number of halogens is 1. The fraction of sp³-hybridized carbons (Fsp3) is 0.176. The van der Waals surface area contributed by atoms with E-state index in [2.05, 4.69) is 26.4 Å². The largest absolute Gasteiger partial charge is 0.486 e. The van der Waals surface area contributed by atoms with Gasteiger partial charge in [-0.2, -0.15) is 0 Å². The van der Waals surface area contributed by atoms with Crippen LogP contribution in [0.3, 0.4) is 0 Å². The summed E-state index contributed by atoms with van der Waals surface area (Å²) >= 11 is 3.37. The minimum atomic E-state index is -0.362. The molecule has 6 nitrogen and oxygen atoms in total. The molecule has 3 rings (SSSR count). The fourth-order valence-corrected chi connectivity index (χ4v) is 2.36. The summed E-state index contributed by atoms with van der Waals surface area (Å²) in [6.07, 6.45) is 0. The highest BCUT2D eigenvalue weighted by Crippen LogP contribution is 2.21. The zero-order valence-electron chi connectivity index (χ0n) is 13.1. The number of nitrogens with zero attached hydrogens (tertiary/aromatic N) is 1. The second-order valence-electron chi connectivity index (χ2n) is 5.16. The number of ether oxygens (including phenoxy) is 1. The summed E-state index contributed by atoms with van der Waals surface area (Å²) in [6, 6.07) is 10.8. The van der Waals surface area contributed by atoms with Gasteiger partial charge in [-0.3, -0.25) is 4.79 Å². The number of benzene rings is 1. The maximum Gasteiger partial charge on any atom is 0.291 e. The van der Waals surface area contributed by atoms with Gasteiger partial charge in [0.1, 0.15) is 29.5 Å². The van der Waals surface area contributed by atoms with Crippen molar-refractivity contribution in [3.05, 3.63) is 63.8 Å². The minimum Gasteiger partial charge on any atom is -0.486 e. The van der Waals surface area contributed by atoms with Crippen molar-refractivity contribution in [2.24, 2.45) is 0 Å². The predicted molar refractivity (Wildman–Crippen MR) is 91.1 cm³/mol. The highest BCUT2D eigenvalue weighted by atomic mass is 79.9. The van der Waals surface area contributed by atoms with E-state index in [9.17, 15) is 4.79 Å². The van der Waals surface area contributed by atoms with E-state index in [1.807, 2.05) is 24.3 Å². The summed E-state index contributed by atoms with van der Waals surface area (Å²) in [6.45, 7) is 3.72. The number of hydrogen-bond acceptors (Lipinski definition) is 5. The molecule has 1 amide bonds. The van der Waals surface area contributed by atoms with Crippen molar-refractivity contribution in [1.29, 1.82) is 0 Å². The molecule has 0 aliphatic carbocycles. The summed E-state index contributed by atoms with van der Waals surface area (Å²) in [7, 11) is 0. The van der Waals surface area contributed by atoms with Gasteiger partial charge in [-0.15, -0.1) is 0 Å². The standard InChI is InChI=1S/C17H15BrN2O4/c1-10-16(11(2)24-20-10)19-17(21)15-8-7-14(23-15)9-22-13-5-3-12(18)4-6-13/h3-8H,9H2,1-2H3,(H,19,21). The van der Waals surface area contributed by atoms with Crippen LogP contribution in [0.15, 0.2) is 49.8 Å². The van der Waals surface area contributed by atoms with Crippen molar-refractivity contribution in [2.45, 2.75) is 20.5 Å². The van der Waals surface area contributed by atoms with Gasteiger partial charge in [0.15, 0.2) is 11.5 Å². The van der Waals surface area contributed by atoms with Crippen molar-refractivity contribution >= 4 is 27.5 Å². The van der Waals surface area contributed by atoms with E-state index in [1.54, 1.807) is 26.0 Å². The number of carbonyl (C=O) groups is 1. The quantitative estimate of drug-likeness (QED) is 0.694. The van der Waals surface area contributed by atoms with E-state index in [0.717, 1.165) is 10.2 Å². The minimum absolute atomic E-state index is 0.199. The first-order chi connectivity index (χ1) is 11.5. The molecule has 24 heavy (non-hydrogen) atoms. The Morgan fingerprint density at radius 2 is 1.96 bits per heavy atom. The third-order valence-corrected chi connectivity index (χ3v) is 3.88. The monoisotopic (exact) mass is 390 g/mol. The molecule has 0 spiro atoms. The van der Waals surface area contributed by atoms with Crippen LogP contribution in [0.1, 0.15) is 27.8 Å². The lowest BCUT2D eigenvalue weighted by Crippen LogP contribution is -2.12. The second kappa shape index (κ2) is 6.92. The molecule has 0 radical (unpaired) electrons. The molecule has 0 atom stereocenters. The Morgan fingerprint density at radius 3 is 2.62 bits per heavy atom. The van der Waals surface area contributed by atoms with Gasteiger partial charge in [-0.1, -0.05) is 21.1 Å². The lowest BCUT2D eigenvalue weighted by molar-refractivity contribution is 0.0992. The molecule has 124 valence electrons. The molecule has 2 heterocycles. The summed E-state index contributed by atoms with van der Waals surface area (Å²) < 4.78 is 17.1. The zero-order chi connectivity index (χ0) is 17.1. The number of rotatable bonds is 5. The average Bonchev–Trinajstić information content (AvgIpc) is 3.16. The number of furan rings is 1. The van der Waals surface area contributed by atoms with Crippen LogP contribution in [0.2, 0.25) is 0 Å². The molecule has 7 heteroatoms. The van der Waals surface area contributed by atoms with Crippen molar-refractivity contribution in [3.63, 3.8) is 0 Å². The van der Waals surface area contributed by atoms with E-state index in [1.165, 1.54) is 0 Å². The molecule has 0 saturated heterocycles. The van der Waals surface area contributed by atoms with Crippen LogP contribution in [0.25, 0.3) is 0 Å². The number of nitrogens with one attached hydrogen (secondary N) is 1. The van der Waals surface area contributed by atoms with Crippen LogP contribution in [0.4, 0.5) is 5.69 Å². The lowest BCUT2D eigenvalue weighted by atomic mass is 10.3. The first kappa shape index (κ1) is 16.3. The third-order valence-electron chi connectivity index (χ3n) is 3.35. The molecule has 1 N–H and O–H groups in total. The van der Waals surface area contributed by atoms with Gasteiger partial charge in [0.05, 0.1) is 0 Å². The van der Waals surface area contributed by atoms with E-state index >= 15 is 0 Å². The summed E-state index contributed by atoms with van der Waals surface area (Å²) in [5, 5.41) is 6.53. The van der Waals surface area contributed by atoms with E-state index in [-0.39, 0.29) is 18.3 Å². The van der Waals surface area contributed by atoms with Crippen LogP contribution < -0.4 is 10.1 Å². The van der Waals surface area contributed by atoms with Crippen LogP contribution in [-0.2, 0) is 6.61 Å². The molecule has 0 fully saturated rings. The Hall–Kier alpha value is -2.54. The van der Waals surface area contributed by atoms with Gasteiger partial charge < -0.3 is 19.0 Å². The highest BCUT2D eigenvalue weighted by molar-refractivity contribution is 9.10. The van der Waals surface area contributed by atoms with Gasteiger partial charge in [-0.25, -0.2) is 0 Å². The Morgan fingerprint density at radius 1 is 1.21 bits per heavy atom. The Labute approximate surface area is 146 Å². The number of anilines is 1. The predicted octanol–water partition coefficient (Wildman–Crippen LogP) is 4.48. The number of amides is 1. The van der Waals surface area contributed by atoms with Gasteiger partial charge in [0, 0.05) is 4.47 Å². The SMILES string of the molecule is Cc1noc(C)c1NC(=O)c1ccc(COc2ccc(Br)cc2)o1. The van der Waals surface area contributed by atoms with Crippen LogP contribution in [0, 0.1) is 13.8 Å². The van der Waals surface area contributed by atoms with E-state index in [4.69, 9.17) is 13.7 Å². The topological polar surface area (TPSA) is 77.5 Å². The molecule has 3 aromatic rings. The van der Waals surface area contributed by atoms with E-state index in [0.29, 0.717) is 22.9 Å². The van der Waals surface area contributed by atoms with E-state index < -0.39 is 0 Å². The number of hydrogen-bond donors (Lipinski definition) is 1. The maximum atomic E-state index is 12.2. The summed E-state index contributed by atoms with van der Waals surface area (Å²) in [5.41, 5.74) is 1.18. The third kappa shape index (κ3) is 3.68. The second-order valence-corrected chi connectivity index (χ2v) is 6.08. The Bertz CT molecular complexity index is 832. The molecule has 1 aromatic carbocycles. The zero-order valence-corrected chi connectivity index (χ0v) is 14.7. The fourth-order valence-electron chi connectivity index (χ4n) is 2.10. The van der Waals surface area contributed by atoms with Crippen molar-refractivity contribution in [2.75, 3.05) is 5.32 Å². The van der Waals surface area contributed by atoms with Gasteiger partial charge in [-0.05, 0) is 50.2 Å². The normalized spacial score (nSPS) is 10.6. The van der Waals surface area contributed by atoms with Crippen molar-refractivity contribution < 1.29 is 18.5 Å². The van der Waals surface area contributed by atoms with Crippen LogP contribution >= 0.6 is 15.9 Å². The summed E-state index contributed by atoms with van der Waals surface area (Å²) in [5.74, 6) is 1.66. The molecule has 0 aliphatic heterocycles. The van der Waals surface area contributed by atoms with Crippen molar-refractivity contribution in [3.8, 4) is 5.75 Å². The number of aryl methyl sites for hydroxylation is 2. The van der Waals surface area contributed by atoms with Crippen LogP contribution in [-0.4, -0.2) is 11.1 Å². The molecule has 0 bridgehead atoms. The Balaban J connectivity index is 1.62. The molecule has 2 aromatic heterocycles. The molecule has 0 saturated carbocycles. The molecule has 0 unspecified atom stereocenters.